The first kappa shape index (κ1) is 66.0. The third-order valence-corrected chi connectivity index (χ3v) is 12.3. The van der Waals surface area contributed by atoms with Crippen molar-refractivity contribution in [3.63, 3.8) is 0 Å². The number of carbonyl (C=O) groups is 3. The number of aliphatic carboxylic acids is 1. The Morgan fingerprint density at radius 1 is 0.449 bits per heavy atom. The molecule has 0 bridgehead atoms. The summed E-state index contributed by atoms with van der Waals surface area (Å²) < 4.78 is 22.8. The number of carboxylic acids is 1. The van der Waals surface area contributed by atoms with Gasteiger partial charge in [-0.25, -0.2) is 4.79 Å². The Balaban J connectivity index is 4.22. The normalized spacial score (nSPS) is 13.2. The summed E-state index contributed by atoms with van der Waals surface area (Å²) in [7, 11) is 5.96. The van der Waals surface area contributed by atoms with Crippen LogP contribution in [-0.2, 0) is 33.3 Å². The van der Waals surface area contributed by atoms with Gasteiger partial charge in [-0.3, -0.25) is 9.59 Å². The highest BCUT2D eigenvalue weighted by atomic mass is 16.7. The van der Waals surface area contributed by atoms with E-state index >= 15 is 0 Å². The summed E-state index contributed by atoms with van der Waals surface area (Å²) in [5.41, 5.74) is 0. The molecule has 0 aliphatic carbocycles. The number of quaternary nitrogens is 1. The Labute approximate surface area is 425 Å². The van der Waals surface area contributed by atoms with Gasteiger partial charge in [0.15, 0.2) is 6.10 Å². The minimum atomic E-state index is -1.52. The van der Waals surface area contributed by atoms with E-state index in [0.29, 0.717) is 23.9 Å². The lowest BCUT2D eigenvalue weighted by molar-refractivity contribution is -0.870. The molecule has 0 amide bonds. The van der Waals surface area contributed by atoms with Crippen LogP contribution < -0.4 is 0 Å². The second-order valence-corrected chi connectivity index (χ2v) is 20.2. The van der Waals surface area contributed by atoms with Crippen LogP contribution >= 0.6 is 0 Å². The molecule has 0 aromatic heterocycles. The topological polar surface area (TPSA) is 108 Å². The van der Waals surface area contributed by atoms with Crippen molar-refractivity contribution in [1.29, 1.82) is 0 Å². The summed E-state index contributed by atoms with van der Waals surface area (Å²) in [5.74, 6) is -2.03. The number of nitrogens with zero attached hydrogens (tertiary/aromatic N) is 1. The summed E-state index contributed by atoms with van der Waals surface area (Å²) in [6, 6.07) is 0. The maximum atomic E-state index is 12.8. The van der Waals surface area contributed by atoms with E-state index < -0.39 is 24.3 Å². The molecular weight excluding hydrogens is 863 g/mol. The average Bonchev–Trinajstić information content (AvgIpc) is 3.31. The van der Waals surface area contributed by atoms with Gasteiger partial charge in [-0.1, -0.05) is 216 Å². The predicted octanol–water partition coefficient (Wildman–Crippen LogP) is 16.5. The van der Waals surface area contributed by atoms with E-state index in [0.717, 1.165) is 70.6 Å². The molecule has 2 unspecified atom stereocenters. The number of rotatable bonds is 52. The van der Waals surface area contributed by atoms with Crippen LogP contribution in [0.4, 0.5) is 0 Å². The third kappa shape index (κ3) is 52.6. The first-order chi connectivity index (χ1) is 33.6. The SMILES string of the molecule is CC/C=C\C/C=C\C/C=C\C/C=C\CCCCCCC(=O)OC(COC(=O)CCCCCCCCCCCCCCCCC/C=C\CCCCCCCCCC)COC(OCC[N+](C)(C)C)C(=O)O. The van der Waals surface area contributed by atoms with E-state index in [4.69, 9.17) is 18.9 Å². The lowest BCUT2D eigenvalue weighted by atomic mass is 10.0. The second kappa shape index (κ2) is 51.3. The monoisotopic (exact) mass is 971 g/mol. The first-order valence-electron chi connectivity index (χ1n) is 28.5. The molecule has 2 atom stereocenters. The number of hydrogen-bond acceptors (Lipinski definition) is 7. The minimum Gasteiger partial charge on any atom is -0.477 e. The van der Waals surface area contributed by atoms with Crippen molar-refractivity contribution < 1.29 is 42.9 Å². The molecule has 0 aromatic carbocycles. The molecule has 400 valence electrons. The molecule has 69 heavy (non-hydrogen) atoms. The molecule has 9 nitrogen and oxygen atoms in total. The van der Waals surface area contributed by atoms with Gasteiger partial charge in [-0.2, -0.15) is 0 Å². The van der Waals surface area contributed by atoms with E-state index in [9.17, 15) is 19.5 Å². The molecule has 0 spiro atoms. The first-order valence-corrected chi connectivity index (χ1v) is 28.5. The molecule has 0 aliphatic rings. The Morgan fingerprint density at radius 2 is 0.826 bits per heavy atom. The van der Waals surface area contributed by atoms with Gasteiger partial charge in [0.2, 0.25) is 0 Å². The number of esters is 2. The number of unbranched alkanes of at least 4 members (excludes halogenated alkanes) is 27. The van der Waals surface area contributed by atoms with Crippen LogP contribution in [0.5, 0.6) is 0 Å². The van der Waals surface area contributed by atoms with Crippen molar-refractivity contribution in [2.45, 2.75) is 257 Å². The average molecular weight is 972 g/mol. The van der Waals surface area contributed by atoms with E-state index in [1.165, 1.54) is 141 Å². The molecule has 1 N–H and O–H groups in total. The van der Waals surface area contributed by atoms with Crippen molar-refractivity contribution in [3.8, 4) is 0 Å². The molecule has 0 radical (unpaired) electrons. The number of carboxylic acid groups (broad SMARTS) is 1. The molecule has 9 heteroatoms. The van der Waals surface area contributed by atoms with E-state index in [1.54, 1.807) is 0 Å². The van der Waals surface area contributed by atoms with Crippen LogP contribution in [0.15, 0.2) is 60.8 Å². The highest BCUT2D eigenvalue weighted by Gasteiger charge is 2.25. The summed E-state index contributed by atoms with van der Waals surface area (Å²) in [6.45, 7) is 4.75. The molecule has 0 aliphatic heterocycles. The highest BCUT2D eigenvalue weighted by Crippen LogP contribution is 2.16. The zero-order chi connectivity index (χ0) is 50.6. The van der Waals surface area contributed by atoms with Gasteiger partial charge in [0, 0.05) is 12.8 Å². The van der Waals surface area contributed by atoms with Crippen LogP contribution in [0.3, 0.4) is 0 Å². The highest BCUT2D eigenvalue weighted by molar-refractivity contribution is 5.71. The van der Waals surface area contributed by atoms with Crippen molar-refractivity contribution in [1.82, 2.24) is 0 Å². The molecule has 0 rings (SSSR count). The van der Waals surface area contributed by atoms with Gasteiger partial charge in [0.1, 0.15) is 13.2 Å². The minimum absolute atomic E-state index is 0.181. The van der Waals surface area contributed by atoms with Gasteiger partial charge >= 0.3 is 17.9 Å². The number of likely N-dealkylation sites (N-methyl/N-ethyl adjacent to an activating group) is 1. The molecule has 0 fully saturated rings. The predicted molar refractivity (Wildman–Crippen MR) is 290 cm³/mol. The smallest absolute Gasteiger partial charge is 0.361 e. The van der Waals surface area contributed by atoms with Crippen molar-refractivity contribution >= 4 is 17.9 Å². The molecular formula is C60H108NO8+. The van der Waals surface area contributed by atoms with Gasteiger partial charge in [-0.15, -0.1) is 0 Å². The Hall–Kier alpha value is -3.01. The Morgan fingerprint density at radius 3 is 1.25 bits per heavy atom. The standard InChI is InChI=1S/C60H107NO8/c1-6-8-10-12-14-16-18-20-22-24-25-26-27-28-29-30-31-32-33-35-36-38-40-42-44-46-48-50-57(62)67-54-56(55-68-60(59(64)65)66-53-52-61(3,4)5)69-58(63)51-49-47-45-43-41-39-37-34-23-21-19-17-15-13-11-9-7-2/h9,11,15,17,21,23-25,37,39,56,60H,6-8,10,12-14,16,18-20,22,26-36,38,40-55H2,1-5H3/p+1/b11-9-,17-15-,23-21-,25-24-,39-37-. The van der Waals surface area contributed by atoms with Crippen LogP contribution in [0.25, 0.3) is 0 Å². The summed E-state index contributed by atoms with van der Waals surface area (Å²) in [6.07, 6.45) is 61.6. The van der Waals surface area contributed by atoms with Crippen LogP contribution in [0, 0.1) is 0 Å². The van der Waals surface area contributed by atoms with Gasteiger partial charge in [0.05, 0.1) is 34.4 Å². The van der Waals surface area contributed by atoms with Crippen molar-refractivity contribution in [2.75, 3.05) is 47.5 Å². The van der Waals surface area contributed by atoms with Crippen molar-refractivity contribution in [3.05, 3.63) is 60.8 Å². The summed E-state index contributed by atoms with van der Waals surface area (Å²) in [5, 5.41) is 9.69. The van der Waals surface area contributed by atoms with Crippen LogP contribution in [-0.4, -0.2) is 87.4 Å². The maximum Gasteiger partial charge on any atom is 0.361 e. The third-order valence-electron chi connectivity index (χ3n) is 12.3. The molecule has 0 heterocycles. The number of allylic oxidation sites excluding steroid dienone is 10. The largest absolute Gasteiger partial charge is 0.477 e. The summed E-state index contributed by atoms with van der Waals surface area (Å²) >= 11 is 0. The fourth-order valence-corrected chi connectivity index (χ4v) is 7.88. The fourth-order valence-electron chi connectivity index (χ4n) is 7.88. The van der Waals surface area contributed by atoms with Crippen molar-refractivity contribution in [2.24, 2.45) is 0 Å². The second-order valence-electron chi connectivity index (χ2n) is 20.2. The number of ether oxygens (including phenoxy) is 4. The Bertz CT molecular complexity index is 1310. The van der Waals surface area contributed by atoms with Gasteiger partial charge in [0.25, 0.3) is 6.29 Å². The zero-order valence-corrected chi connectivity index (χ0v) is 45.5. The van der Waals surface area contributed by atoms with Gasteiger partial charge in [-0.05, 0) is 77.0 Å². The molecule has 0 saturated heterocycles. The zero-order valence-electron chi connectivity index (χ0n) is 45.5. The molecule has 0 aromatic rings. The number of carbonyl (C=O) groups excluding carboxylic acids is 2. The van der Waals surface area contributed by atoms with Crippen LogP contribution in [0.2, 0.25) is 0 Å². The van der Waals surface area contributed by atoms with E-state index in [1.807, 2.05) is 21.1 Å². The van der Waals surface area contributed by atoms with E-state index in [2.05, 4.69) is 74.6 Å². The maximum absolute atomic E-state index is 12.8. The lowest BCUT2D eigenvalue weighted by Crippen LogP contribution is -2.40. The number of hydrogen-bond donors (Lipinski definition) is 1. The fraction of sp³-hybridized carbons (Fsp3) is 0.783. The summed E-state index contributed by atoms with van der Waals surface area (Å²) in [4.78, 5) is 37.4. The van der Waals surface area contributed by atoms with Gasteiger partial charge < -0.3 is 28.5 Å². The quantitative estimate of drug-likeness (QED) is 0.0211. The molecule has 0 saturated carbocycles. The van der Waals surface area contributed by atoms with Crippen LogP contribution in [0.1, 0.15) is 245 Å². The lowest BCUT2D eigenvalue weighted by Gasteiger charge is -2.25. The van der Waals surface area contributed by atoms with E-state index in [-0.39, 0.29) is 32.2 Å². The Kier molecular flexibility index (Phi) is 49.1.